The highest BCUT2D eigenvalue weighted by molar-refractivity contribution is 4.90. The molecule has 0 amide bonds. The molecule has 1 rings (SSSR count). The van der Waals surface area contributed by atoms with Crippen LogP contribution in [0.4, 0.5) is 0 Å². The first kappa shape index (κ1) is 10.6. The minimum Gasteiger partial charge on any atom is -0.327 e. The van der Waals surface area contributed by atoms with Gasteiger partial charge in [0.2, 0.25) is 0 Å². The molecule has 0 bridgehead atoms. The van der Waals surface area contributed by atoms with Crippen LogP contribution in [0, 0.1) is 18.3 Å². The topological polar surface area (TPSA) is 29.3 Å². The maximum Gasteiger partial charge on any atom is 0.0214 e. The first-order valence-corrected chi connectivity index (χ1v) is 5.10. The molecule has 13 heavy (non-hydrogen) atoms. The number of piperidine rings is 1. The zero-order chi connectivity index (χ0) is 9.84. The zero-order valence-corrected chi connectivity index (χ0v) is 8.66. The van der Waals surface area contributed by atoms with Crippen LogP contribution >= 0.6 is 0 Å². The van der Waals surface area contributed by atoms with Crippen LogP contribution in [0.1, 0.15) is 26.7 Å². The molecular formula is C11H20N2. The third-order valence-electron chi connectivity index (χ3n) is 3.31. The predicted molar refractivity (Wildman–Crippen MR) is 56.2 cm³/mol. The van der Waals surface area contributed by atoms with Crippen LogP contribution in [0.5, 0.6) is 0 Å². The highest BCUT2D eigenvalue weighted by Gasteiger charge is 2.29. The highest BCUT2D eigenvalue weighted by atomic mass is 15.2. The minimum atomic E-state index is 0.372. The summed E-state index contributed by atoms with van der Waals surface area (Å²) in [5, 5.41) is 0. The predicted octanol–water partition coefficient (Wildman–Crippen LogP) is 1.07. The van der Waals surface area contributed by atoms with E-state index in [2.05, 4.69) is 24.7 Å². The van der Waals surface area contributed by atoms with Crippen LogP contribution in [0.2, 0.25) is 0 Å². The number of terminal acetylenes is 1. The van der Waals surface area contributed by atoms with Crippen LogP contribution in [0.15, 0.2) is 0 Å². The number of hydrogen-bond donors (Lipinski definition) is 1. The van der Waals surface area contributed by atoms with E-state index in [-0.39, 0.29) is 0 Å². The van der Waals surface area contributed by atoms with Gasteiger partial charge in [-0.05, 0) is 25.8 Å². The van der Waals surface area contributed by atoms with Crippen molar-refractivity contribution in [1.29, 1.82) is 0 Å². The van der Waals surface area contributed by atoms with Crippen molar-refractivity contribution in [2.45, 2.75) is 38.8 Å². The van der Waals surface area contributed by atoms with E-state index >= 15 is 0 Å². The summed E-state index contributed by atoms with van der Waals surface area (Å²) in [5.41, 5.74) is 5.99. The molecule has 0 aliphatic carbocycles. The first-order chi connectivity index (χ1) is 6.16. The van der Waals surface area contributed by atoms with E-state index in [4.69, 9.17) is 12.2 Å². The van der Waals surface area contributed by atoms with E-state index < -0.39 is 0 Å². The lowest BCUT2D eigenvalue weighted by atomic mass is 9.87. The number of nitrogens with zero attached hydrogens (tertiary/aromatic N) is 1. The third-order valence-corrected chi connectivity index (χ3v) is 3.31. The van der Waals surface area contributed by atoms with E-state index in [9.17, 15) is 0 Å². The average Bonchev–Trinajstić information content (AvgIpc) is 2.13. The quantitative estimate of drug-likeness (QED) is 0.644. The summed E-state index contributed by atoms with van der Waals surface area (Å²) in [6.07, 6.45) is 7.21. The Kier molecular flexibility index (Phi) is 3.77. The van der Waals surface area contributed by atoms with Gasteiger partial charge in [-0.2, -0.15) is 0 Å². The van der Waals surface area contributed by atoms with Gasteiger partial charge < -0.3 is 5.73 Å². The lowest BCUT2D eigenvalue weighted by Gasteiger charge is -2.41. The molecule has 74 valence electrons. The van der Waals surface area contributed by atoms with Crippen LogP contribution in [0.3, 0.4) is 0 Å². The SMILES string of the molecule is C#CCCN1CCC(N)C(C)C1C. The molecule has 0 aromatic rings. The highest BCUT2D eigenvalue weighted by Crippen LogP contribution is 2.21. The molecular weight excluding hydrogens is 160 g/mol. The molecule has 1 saturated heterocycles. The van der Waals surface area contributed by atoms with Crippen LogP contribution in [-0.4, -0.2) is 30.1 Å². The van der Waals surface area contributed by atoms with Gasteiger partial charge in [0.15, 0.2) is 0 Å². The van der Waals surface area contributed by atoms with Gasteiger partial charge in [-0.1, -0.05) is 6.92 Å². The molecule has 2 nitrogen and oxygen atoms in total. The van der Waals surface area contributed by atoms with Gasteiger partial charge >= 0.3 is 0 Å². The average molecular weight is 180 g/mol. The second-order valence-electron chi connectivity index (χ2n) is 4.04. The first-order valence-electron chi connectivity index (χ1n) is 5.10. The van der Waals surface area contributed by atoms with Gasteiger partial charge in [-0.25, -0.2) is 0 Å². The maximum atomic E-state index is 5.99. The van der Waals surface area contributed by atoms with Crippen LogP contribution < -0.4 is 5.73 Å². The van der Waals surface area contributed by atoms with Gasteiger partial charge in [0.05, 0.1) is 0 Å². The number of nitrogens with two attached hydrogens (primary N) is 1. The number of hydrogen-bond acceptors (Lipinski definition) is 2. The fraction of sp³-hybridized carbons (Fsp3) is 0.818. The van der Waals surface area contributed by atoms with Gasteiger partial charge in [0.1, 0.15) is 0 Å². The van der Waals surface area contributed by atoms with Crippen LogP contribution in [-0.2, 0) is 0 Å². The smallest absolute Gasteiger partial charge is 0.0214 e. The molecule has 2 heteroatoms. The van der Waals surface area contributed by atoms with E-state index in [1.807, 2.05) is 0 Å². The molecule has 1 heterocycles. The minimum absolute atomic E-state index is 0.372. The Morgan fingerprint density at radius 1 is 1.54 bits per heavy atom. The van der Waals surface area contributed by atoms with E-state index in [1.54, 1.807) is 0 Å². The molecule has 0 radical (unpaired) electrons. The van der Waals surface area contributed by atoms with Crippen molar-refractivity contribution in [2.75, 3.05) is 13.1 Å². The van der Waals surface area contributed by atoms with Crippen molar-refractivity contribution in [3.8, 4) is 12.3 Å². The molecule has 1 fully saturated rings. The van der Waals surface area contributed by atoms with E-state index in [0.717, 1.165) is 25.9 Å². The van der Waals surface area contributed by atoms with Crippen molar-refractivity contribution in [1.82, 2.24) is 4.90 Å². The maximum absolute atomic E-state index is 5.99. The lowest BCUT2D eigenvalue weighted by molar-refractivity contribution is 0.100. The standard InChI is InChI=1S/C11H20N2/c1-4-5-7-13-8-6-11(12)9(2)10(13)3/h1,9-11H,5-8,12H2,2-3H3. The molecule has 0 aromatic carbocycles. The molecule has 0 saturated carbocycles. The van der Waals surface area contributed by atoms with Crippen molar-refractivity contribution in [2.24, 2.45) is 11.7 Å². The second kappa shape index (κ2) is 4.64. The van der Waals surface area contributed by atoms with Crippen molar-refractivity contribution in [3.05, 3.63) is 0 Å². The fourth-order valence-electron chi connectivity index (χ4n) is 2.00. The zero-order valence-electron chi connectivity index (χ0n) is 8.66. The second-order valence-corrected chi connectivity index (χ2v) is 4.04. The molecule has 3 atom stereocenters. The number of rotatable bonds is 2. The third kappa shape index (κ3) is 2.46. The fourth-order valence-corrected chi connectivity index (χ4v) is 2.00. The molecule has 0 aromatic heterocycles. The van der Waals surface area contributed by atoms with Crippen molar-refractivity contribution < 1.29 is 0 Å². The van der Waals surface area contributed by atoms with E-state index in [1.165, 1.54) is 0 Å². The molecule has 1 aliphatic heterocycles. The normalized spacial score (nSPS) is 35.7. The Morgan fingerprint density at radius 3 is 2.85 bits per heavy atom. The summed E-state index contributed by atoms with van der Waals surface area (Å²) >= 11 is 0. The monoisotopic (exact) mass is 180 g/mol. The lowest BCUT2D eigenvalue weighted by Crippen LogP contribution is -2.51. The van der Waals surface area contributed by atoms with Gasteiger partial charge in [0.25, 0.3) is 0 Å². The molecule has 3 unspecified atom stereocenters. The summed E-state index contributed by atoms with van der Waals surface area (Å²) in [6.45, 7) is 6.61. The summed E-state index contributed by atoms with van der Waals surface area (Å²) in [7, 11) is 0. The van der Waals surface area contributed by atoms with Crippen LogP contribution in [0.25, 0.3) is 0 Å². The summed E-state index contributed by atoms with van der Waals surface area (Å²) in [4.78, 5) is 2.45. The van der Waals surface area contributed by atoms with Crippen molar-refractivity contribution in [3.63, 3.8) is 0 Å². The van der Waals surface area contributed by atoms with Gasteiger partial charge in [-0.15, -0.1) is 12.3 Å². The largest absolute Gasteiger partial charge is 0.327 e. The summed E-state index contributed by atoms with van der Waals surface area (Å²) in [6, 6.07) is 0.953. The Balaban J connectivity index is 2.45. The Hall–Kier alpha value is -0.520. The van der Waals surface area contributed by atoms with Crippen molar-refractivity contribution >= 4 is 0 Å². The molecule has 1 aliphatic rings. The Morgan fingerprint density at radius 2 is 2.23 bits per heavy atom. The van der Waals surface area contributed by atoms with Gasteiger partial charge in [-0.3, -0.25) is 4.90 Å². The molecule has 2 N–H and O–H groups in total. The summed E-state index contributed by atoms with van der Waals surface area (Å²) < 4.78 is 0. The summed E-state index contributed by atoms with van der Waals surface area (Å²) in [5.74, 6) is 3.28. The Labute approximate surface area is 81.5 Å². The Bertz CT molecular complexity index is 195. The number of likely N-dealkylation sites (tertiary alicyclic amines) is 1. The van der Waals surface area contributed by atoms with E-state index in [0.29, 0.717) is 18.0 Å². The molecule has 0 spiro atoms. The van der Waals surface area contributed by atoms with Gasteiger partial charge in [0, 0.05) is 25.0 Å².